The molecule has 0 radical (unpaired) electrons. The molecule has 0 amide bonds. The smallest absolute Gasteiger partial charge is 0.191 e. The number of nitrogens with zero attached hydrogens (tertiary/aromatic N) is 2. The first-order valence-electron chi connectivity index (χ1n) is 10.3. The molecule has 0 spiro atoms. The molecule has 1 fully saturated rings. The number of guanidine groups is 1. The molecule has 1 aromatic rings. The van der Waals surface area contributed by atoms with Crippen LogP contribution in [0.15, 0.2) is 29.3 Å². The monoisotopic (exact) mass is 518 g/mol. The molecule has 7 heteroatoms. The molecule has 1 aliphatic rings. The Balaban J connectivity index is 0.00000420. The average molecular weight is 518 g/mol. The number of aliphatic imine (C=N–C) groups is 1. The topological polar surface area (TPSA) is 58.1 Å². The molecule has 1 aliphatic heterocycles. The molecule has 2 rings (SSSR count). The van der Waals surface area contributed by atoms with E-state index >= 15 is 0 Å². The van der Waals surface area contributed by atoms with Crippen LogP contribution in [0, 0.1) is 5.92 Å². The van der Waals surface area contributed by atoms with Gasteiger partial charge in [0.05, 0.1) is 12.6 Å². The average Bonchev–Trinajstić information content (AvgIpc) is 2.70. The molecule has 166 valence electrons. The summed E-state index contributed by atoms with van der Waals surface area (Å²) in [4.78, 5) is 6.73. The molecule has 1 saturated heterocycles. The molecule has 1 atom stereocenters. The molecule has 0 aromatic heterocycles. The second-order valence-electron chi connectivity index (χ2n) is 8.30. The lowest BCUT2D eigenvalue weighted by Gasteiger charge is -2.43. The van der Waals surface area contributed by atoms with Gasteiger partial charge in [-0.3, -0.25) is 4.99 Å². The molecule has 1 aromatic carbocycles. The Labute approximate surface area is 193 Å². The van der Waals surface area contributed by atoms with Gasteiger partial charge < -0.3 is 25.0 Å². The highest BCUT2D eigenvalue weighted by molar-refractivity contribution is 14.0. The number of likely N-dealkylation sites (N-methyl/N-ethyl adjacent to an activating group) is 1. The Morgan fingerprint density at radius 1 is 1.17 bits per heavy atom. The summed E-state index contributed by atoms with van der Waals surface area (Å²) in [6.45, 7) is 9.66. The van der Waals surface area contributed by atoms with Crippen molar-refractivity contribution in [1.82, 2.24) is 15.5 Å². The first-order chi connectivity index (χ1) is 13.4. The summed E-state index contributed by atoms with van der Waals surface area (Å²) in [5.41, 5.74) is 1.31. The minimum Gasteiger partial charge on any atom is -0.493 e. The Hall–Kier alpha value is -1.06. The summed E-state index contributed by atoms with van der Waals surface area (Å²) < 4.78 is 11.3. The highest BCUT2D eigenvalue weighted by atomic mass is 127. The van der Waals surface area contributed by atoms with E-state index in [0.29, 0.717) is 5.92 Å². The summed E-state index contributed by atoms with van der Waals surface area (Å²) in [6, 6.07) is 8.45. The zero-order valence-electron chi connectivity index (χ0n) is 18.8. The zero-order chi connectivity index (χ0) is 20.6. The standard InChI is InChI=1S/C22H38N4O2.HI/c1-17(2)15-28-20-9-7-19(8-10-20)18(3)25-21(23-4)24-16-22(26(5)6)11-13-27-14-12-22;/h7-10,17-18H,11-16H2,1-6H3,(H2,23,24,25);1H. The first-order valence-corrected chi connectivity index (χ1v) is 10.3. The van der Waals surface area contributed by atoms with Crippen LogP contribution in [0.2, 0.25) is 0 Å². The molecule has 1 heterocycles. The van der Waals surface area contributed by atoms with Crippen LogP contribution >= 0.6 is 24.0 Å². The molecule has 29 heavy (non-hydrogen) atoms. The predicted molar refractivity (Wildman–Crippen MR) is 132 cm³/mol. The number of halogens is 1. The molecule has 2 N–H and O–H groups in total. The lowest BCUT2D eigenvalue weighted by molar-refractivity contribution is -0.00502. The van der Waals surface area contributed by atoms with Gasteiger partial charge in [0.25, 0.3) is 0 Å². The van der Waals surface area contributed by atoms with Gasteiger partial charge in [0.2, 0.25) is 0 Å². The van der Waals surface area contributed by atoms with Crippen molar-refractivity contribution in [1.29, 1.82) is 0 Å². The van der Waals surface area contributed by atoms with Crippen molar-refractivity contribution in [3.8, 4) is 5.75 Å². The lowest BCUT2D eigenvalue weighted by Crippen LogP contribution is -2.57. The van der Waals surface area contributed by atoms with Crippen LogP contribution in [0.1, 0.15) is 45.2 Å². The van der Waals surface area contributed by atoms with Gasteiger partial charge in [-0.1, -0.05) is 26.0 Å². The van der Waals surface area contributed by atoms with E-state index in [4.69, 9.17) is 9.47 Å². The SMILES string of the molecule is CN=C(NCC1(N(C)C)CCOCC1)NC(C)c1ccc(OCC(C)C)cc1.I. The fraction of sp³-hybridized carbons (Fsp3) is 0.682. The summed E-state index contributed by atoms with van der Waals surface area (Å²) in [5, 5.41) is 7.02. The van der Waals surface area contributed by atoms with E-state index in [1.165, 1.54) is 5.56 Å². The second kappa shape index (κ2) is 12.6. The minimum absolute atomic E-state index is 0. The fourth-order valence-corrected chi connectivity index (χ4v) is 3.38. The summed E-state index contributed by atoms with van der Waals surface area (Å²) in [6.07, 6.45) is 2.05. The van der Waals surface area contributed by atoms with Crippen molar-refractivity contribution in [3.05, 3.63) is 29.8 Å². The first kappa shape index (κ1) is 26.0. The molecule has 0 bridgehead atoms. The number of hydrogen-bond acceptors (Lipinski definition) is 4. The minimum atomic E-state index is 0. The maximum atomic E-state index is 5.77. The summed E-state index contributed by atoms with van der Waals surface area (Å²) in [5.74, 6) is 2.26. The maximum Gasteiger partial charge on any atom is 0.191 e. The van der Waals surface area contributed by atoms with Gasteiger partial charge >= 0.3 is 0 Å². The van der Waals surface area contributed by atoms with Gasteiger partial charge in [-0.05, 0) is 57.5 Å². The normalized spacial score (nSPS) is 17.6. The third kappa shape index (κ3) is 7.94. The van der Waals surface area contributed by atoms with Crippen LogP contribution in [0.5, 0.6) is 5.75 Å². The van der Waals surface area contributed by atoms with Crippen LogP contribution in [0.4, 0.5) is 0 Å². The molecule has 0 aliphatic carbocycles. The van der Waals surface area contributed by atoms with E-state index in [1.807, 2.05) is 19.2 Å². The number of benzene rings is 1. The summed E-state index contributed by atoms with van der Waals surface area (Å²) >= 11 is 0. The Kier molecular flexibility index (Phi) is 11.3. The third-order valence-corrected chi connectivity index (χ3v) is 5.50. The lowest BCUT2D eigenvalue weighted by atomic mass is 9.88. The van der Waals surface area contributed by atoms with Crippen molar-refractivity contribution >= 4 is 29.9 Å². The van der Waals surface area contributed by atoms with Crippen molar-refractivity contribution < 1.29 is 9.47 Å². The molecule has 1 unspecified atom stereocenters. The number of hydrogen-bond donors (Lipinski definition) is 2. The van der Waals surface area contributed by atoms with Gasteiger partial charge in [0, 0.05) is 32.3 Å². The highest BCUT2D eigenvalue weighted by Crippen LogP contribution is 2.25. The highest BCUT2D eigenvalue weighted by Gasteiger charge is 2.34. The van der Waals surface area contributed by atoms with E-state index in [9.17, 15) is 0 Å². The van der Waals surface area contributed by atoms with Gasteiger partial charge in [-0.25, -0.2) is 0 Å². The van der Waals surface area contributed by atoms with Crippen molar-refractivity contribution in [3.63, 3.8) is 0 Å². The number of nitrogens with one attached hydrogen (secondary N) is 2. The Morgan fingerprint density at radius 2 is 1.79 bits per heavy atom. The van der Waals surface area contributed by atoms with Crippen LogP contribution in [-0.2, 0) is 4.74 Å². The molecular weight excluding hydrogens is 479 g/mol. The van der Waals surface area contributed by atoms with Crippen LogP contribution in [0.25, 0.3) is 0 Å². The van der Waals surface area contributed by atoms with E-state index in [-0.39, 0.29) is 35.6 Å². The van der Waals surface area contributed by atoms with Crippen LogP contribution in [0.3, 0.4) is 0 Å². The van der Waals surface area contributed by atoms with Gasteiger partial charge in [0.1, 0.15) is 5.75 Å². The molecule has 6 nitrogen and oxygen atoms in total. The van der Waals surface area contributed by atoms with E-state index in [0.717, 1.165) is 50.9 Å². The number of ether oxygens (including phenoxy) is 2. The fourth-order valence-electron chi connectivity index (χ4n) is 3.38. The summed E-state index contributed by atoms with van der Waals surface area (Å²) in [7, 11) is 6.11. The molecular formula is C22H39IN4O2. The van der Waals surface area contributed by atoms with Crippen molar-refractivity contribution in [2.24, 2.45) is 10.9 Å². The second-order valence-corrected chi connectivity index (χ2v) is 8.30. The maximum absolute atomic E-state index is 5.77. The van der Waals surface area contributed by atoms with Gasteiger partial charge in [-0.15, -0.1) is 24.0 Å². The Morgan fingerprint density at radius 3 is 2.31 bits per heavy atom. The van der Waals surface area contributed by atoms with E-state index in [2.05, 4.69) is 67.5 Å². The van der Waals surface area contributed by atoms with Crippen LogP contribution < -0.4 is 15.4 Å². The third-order valence-electron chi connectivity index (χ3n) is 5.50. The van der Waals surface area contributed by atoms with Gasteiger partial charge in [0.15, 0.2) is 5.96 Å². The van der Waals surface area contributed by atoms with Crippen LogP contribution in [-0.4, -0.2) is 63.9 Å². The van der Waals surface area contributed by atoms with Gasteiger partial charge in [-0.2, -0.15) is 0 Å². The molecule has 0 saturated carbocycles. The van der Waals surface area contributed by atoms with Crippen molar-refractivity contribution in [2.75, 3.05) is 47.5 Å². The van der Waals surface area contributed by atoms with E-state index < -0.39 is 0 Å². The largest absolute Gasteiger partial charge is 0.493 e. The number of rotatable bonds is 8. The van der Waals surface area contributed by atoms with E-state index in [1.54, 1.807) is 0 Å². The zero-order valence-corrected chi connectivity index (χ0v) is 21.2. The Bertz CT molecular complexity index is 614. The van der Waals surface area contributed by atoms with Crippen molar-refractivity contribution in [2.45, 2.75) is 45.2 Å². The predicted octanol–water partition coefficient (Wildman–Crippen LogP) is 3.68. The quantitative estimate of drug-likeness (QED) is 0.313.